The number of ether oxygens (including phenoxy) is 3. The molecular weight excluding hydrogens is 394 g/mol. The van der Waals surface area contributed by atoms with Gasteiger partial charge in [-0.25, -0.2) is 4.98 Å². The van der Waals surface area contributed by atoms with Gasteiger partial charge in [0.05, 0.1) is 24.5 Å². The van der Waals surface area contributed by atoms with E-state index in [-0.39, 0.29) is 11.7 Å². The van der Waals surface area contributed by atoms with Crippen molar-refractivity contribution < 1.29 is 19.0 Å². The number of aromatic nitrogens is 1. The topological polar surface area (TPSA) is 95.7 Å². The first-order valence-electron chi connectivity index (χ1n) is 10.1. The predicted molar refractivity (Wildman–Crippen MR) is 119 cm³/mol. The Kier molecular flexibility index (Phi) is 7.84. The molecule has 7 nitrogen and oxygen atoms in total. The van der Waals surface area contributed by atoms with Crippen molar-refractivity contribution in [1.29, 1.82) is 0 Å². The van der Waals surface area contributed by atoms with Crippen LogP contribution in [0, 0.1) is 0 Å². The highest BCUT2D eigenvalue weighted by atomic mass is 16.5. The summed E-state index contributed by atoms with van der Waals surface area (Å²) < 4.78 is 16.4. The average molecular weight is 421 g/mol. The third kappa shape index (κ3) is 6.45. The molecule has 0 radical (unpaired) electrons. The molecule has 1 heterocycles. The summed E-state index contributed by atoms with van der Waals surface area (Å²) in [6, 6.07) is 18.4. The van der Waals surface area contributed by atoms with Gasteiger partial charge in [-0.3, -0.25) is 4.79 Å². The highest BCUT2D eigenvalue weighted by molar-refractivity contribution is 5.98. The zero-order valence-electron chi connectivity index (χ0n) is 17.8. The van der Waals surface area contributed by atoms with E-state index in [4.69, 9.17) is 19.9 Å². The normalized spacial score (nSPS) is 10.5. The number of nitrogen functional groups attached to an aromatic ring is 1. The molecule has 0 saturated heterocycles. The summed E-state index contributed by atoms with van der Waals surface area (Å²) in [6.07, 6.45) is 0.968. The molecule has 0 bridgehead atoms. The summed E-state index contributed by atoms with van der Waals surface area (Å²) in [5, 5.41) is 2.85. The number of nitrogens with one attached hydrogen (secondary N) is 1. The lowest BCUT2D eigenvalue weighted by Crippen LogP contribution is -2.24. The van der Waals surface area contributed by atoms with E-state index in [2.05, 4.69) is 17.2 Å². The Balaban J connectivity index is 1.53. The summed E-state index contributed by atoms with van der Waals surface area (Å²) in [5.74, 6) is 2.16. The lowest BCUT2D eigenvalue weighted by atomic mass is 10.2. The predicted octanol–water partition coefficient (Wildman–Crippen LogP) is 4.32. The molecule has 1 aromatic heterocycles. The summed E-state index contributed by atoms with van der Waals surface area (Å²) in [4.78, 5) is 16.6. The smallest absolute Gasteiger partial charge is 0.255 e. The molecule has 162 valence electrons. The average Bonchev–Trinajstić information content (AvgIpc) is 2.78. The van der Waals surface area contributed by atoms with Gasteiger partial charge in [-0.2, -0.15) is 0 Å². The molecule has 3 rings (SSSR count). The number of carbonyl (C=O) groups excluding carboxylic acids is 1. The zero-order valence-corrected chi connectivity index (χ0v) is 17.8. The quantitative estimate of drug-likeness (QED) is 0.506. The fraction of sp³-hybridized carbons (Fsp3) is 0.250. The summed E-state index contributed by atoms with van der Waals surface area (Å²) >= 11 is 0. The third-order valence-electron chi connectivity index (χ3n) is 4.43. The molecule has 0 atom stereocenters. The molecule has 0 aliphatic carbocycles. The van der Waals surface area contributed by atoms with Crippen LogP contribution in [0.5, 0.6) is 17.2 Å². The molecule has 3 N–H and O–H groups in total. The number of hydrogen-bond donors (Lipinski definition) is 2. The maximum atomic E-state index is 12.4. The van der Waals surface area contributed by atoms with E-state index in [9.17, 15) is 4.79 Å². The van der Waals surface area contributed by atoms with Gasteiger partial charge in [-0.05, 0) is 60.5 Å². The van der Waals surface area contributed by atoms with E-state index in [1.807, 2.05) is 48.5 Å². The van der Waals surface area contributed by atoms with Crippen molar-refractivity contribution in [1.82, 2.24) is 10.3 Å². The summed E-state index contributed by atoms with van der Waals surface area (Å²) in [7, 11) is 1.58. The molecule has 1 amide bonds. The highest BCUT2D eigenvalue weighted by Gasteiger charge is 2.11. The molecule has 0 saturated carbocycles. The van der Waals surface area contributed by atoms with E-state index >= 15 is 0 Å². The molecule has 0 spiro atoms. The van der Waals surface area contributed by atoms with E-state index in [1.165, 1.54) is 0 Å². The van der Waals surface area contributed by atoms with Crippen molar-refractivity contribution in [2.75, 3.05) is 19.5 Å². The lowest BCUT2D eigenvalue weighted by molar-refractivity contribution is 0.0951. The van der Waals surface area contributed by atoms with Crippen LogP contribution >= 0.6 is 0 Å². The Morgan fingerprint density at radius 3 is 2.23 bits per heavy atom. The van der Waals surface area contributed by atoms with Crippen molar-refractivity contribution in [3.05, 3.63) is 77.5 Å². The van der Waals surface area contributed by atoms with Crippen LogP contribution in [0.4, 0.5) is 5.82 Å². The van der Waals surface area contributed by atoms with E-state index < -0.39 is 0 Å². The number of rotatable bonds is 10. The minimum atomic E-state index is -0.278. The van der Waals surface area contributed by atoms with Crippen molar-refractivity contribution in [3.8, 4) is 17.2 Å². The number of amides is 1. The third-order valence-corrected chi connectivity index (χ3v) is 4.43. The fourth-order valence-corrected chi connectivity index (χ4v) is 2.85. The van der Waals surface area contributed by atoms with Crippen LogP contribution in [-0.2, 0) is 17.9 Å². The standard InChI is InChI=1S/C24H27N3O4/c1-3-14-30-19-9-11-21(12-10-19)31-20-7-4-17(5-8-20)15-26-24(28)22-13-6-18(16-29-2)27-23(22)25/h4-13H,3,14-16H2,1-2H3,(H2,25,27)(H,26,28). The van der Waals surface area contributed by atoms with Crippen LogP contribution in [0.3, 0.4) is 0 Å². The van der Waals surface area contributed by atoms with Gasteiger partial charge in [-0.15, -0.1) is 0 Å². The number of hydrogen-bond acceptors (Lipinski definition) is 6. The Hall–Kier alpha value is -3.58. The molecule has 7 heteroatoms. The van der Waals surface area contributed by atoms with Crippen LogP contribution in [0.25, 0.3) is 0 Å². The Bertz CT molecular complexity index is 989. The molecule has 0 aliphatic heterocycles. The monoisotopic (exact) mass is 421 g/mol. The van der Waals surface area contributed by atoms with Crippen molar-refractivity contribution >= 4 is 11.7 Å². The SMILES string of the molecule is CCCOc1ccc(Oc2ccc(CNC(=O)c3ccc(COC)nc3N)cc2)cc1. The van der Waals surface area contributed by atoms with E-state index in [0.717, 1.165) is 23.5 Å². The van der Waals surface area contributed by atoms with Gasteiger partial charge >= 0.3 is 0 Å². The van der Waals surface area contributed by atoms with Gasteiger partial charge in [-0.1, -0.05) is 19.1 Å². The van der Waals surface area contributed by atoms with Crippen LogP contribution in [0.2, 0.25) is 0 Å². The summed E-state index contributed by atoms with van der Waals surface area (Å²) in [6.45, 7) is 3.47. The first-order chi connectivity index (χ1) is 15.1. The highest BCUT2D eigenvalue weighted by Crippen LogP contribution is 2.24. The second-order valence-electron chi connectivity index (χ2n) is 6.92. The van der Waals surface area contributed by atoms with Gasteiger partial charge in [0.2, 0.25) is 0 Å². The van der Waals surface area contributed by atoms with Gasteiger partial charge in [0.15, 0.2) is 0 Å². The minimum absolute atomic E-state index is 0.182. The number of anilines is 1. The van der Waals surface area contributed by atoms with Gasteiger partial charge in [0.1, 0.15) is 23.1 Å². The van der Waals surface area contributed by atoms with Gasteiger partial charge < -0.3 is 25.3 Å². The zero-order chi connectivity index (χ0) is 22.1. The minimum Gasteiger partial charge on any atom is -0.494 e. The number of benzene rings is 2. The molecule has 0 fully saturated rings. The number of nitrogens with zero attached hydrogens (tertiary/aromatic N) is 1. The number of carbonyl (C=O) groups is 1. The second kappa shape index (κ2) is 11.0. The van der Waals surface area contributed by atoms with E-state index in [0.29, 0.717) is 36.8 Å². The number of nitrogens with two attached hydrogens (primary N) is 1. The molecule has 2 aromatic carbocycles. The largest absolute Gasteiger partial charge is 0.494 e. The molecule has 3 aromatic rings. The van der Waals surface area contributed by atoms with Crippen molar-refractivity contribution in [2.24, 2.45) is 0 Å². The summed E-state index contributed by atoms with van der Waals surface area (Å²) in [5.41, 5.74) is 7.85. The fourth-order valence-electron chi connectivity index (χ4n) is 2.85. The van der Waals surface area contributed by atoms with Crippen LogP contribution in [0.15, 0.2) is 60.7 Å². The molecule has 31 heavy (non-hydrogen) atoms. The lowest BCUT2D eigenvalue weighted by Gasteiger charge is -2.10. The first-order valence-corrected chi connectivity index (χ1v) is 10.1. The molecule has 0 unspecified atom stereocenters. The van der Waals surface area contributed by atoms with E-state index in [1.54, 1.807) is 19.2 Å². The van der Waals surface area contributed by atoms with Crippen LogP contribution in [-0.4, -0.2) is 24.6 Å². The Labute approximate surface area is 182 Å². The number of pyridine rings is 1. The van der Waals surface area contributed by atoms with Gasteiger partial charge in [0.25, 0.3) is 5.91 Å². The maximum Gasteiger partial charge on any atom is 0.255 e. The van der Waals surface area contributed by atoms with Crippen molar-refractivity contribution in [2.45, 2.75) is 26.5 Å². The maximum absolute atomic E-state index is 12.4. The second-order valence-corrected chi connectivity index (χ2v) is 6.92. The van der Waals surface area contributed by atoms with Crippen molar-refractivity contribution in [3.63, 3.8) is 0 Å². The number of methoxy groups -OCH3 is 1. The van der Waals surface area contributed by atoms with Crippen LogP contribution < -0.4 is 20.5 Å². The first kappa shape index (κ1) is 22.1. The van der Waals surface area contributed by atoms with Gasteiger partial charge in [0, 0.05) is 13.7 Å². The Morgan fingerprint density at radius 2 is 1.61 bits per heavy atom. The molecule has 0 aliphatic rings. The Morgan fingerprint density at radius 1 is 0.968 bits per heavy atom. The van der Waals surface area contributed by atoms with Crippen LogP contribution in [0.1, 0.15) is 35.0 Å². The molecular formula is C24H27N3O4.